The Labute approximate surface area is 117 Å². The Morgan fingerprint density at radius 1 is 1.40 bits per heavy atom. The summed E-state index contributed by atoms with van der Waals surface area (Å²) < 4.78 is 30.3. The first-order valence-corrected chi connectivity index (χ1v) is 8.44. The lowest BCUT2D eigenvalue weighted by Crippen LogP contribution is -2.44. The zero-order chi connectivity index (χ0) is 14.2. The van der Waals surface area contributed by atoms with E-state index in [4.69, 9.17) is 4.42 Å². The summed E-state index contributed by atoms with van der Waals surface area (Å²) >= 11 is 0. The summed E-state index contributed by atoms with van der Waals surface area (Å²) in [6, 6.07) is 8.02. The molecule has 7 heteroatoms. The van der Waals surface area contributed by atoms with Crippen molar-refractivity contribution in [3.05, 3.63) is 24.3 Å². The summed E-state index contributed by atoms with van der Waals surface area (Å²) in [5, 5.41) is 3.19. The predicted octanol–water partition coefficient (Wildman–Crippen LogP) is 1.66. The number of rotatable bonds is 3. The van der Waals surface area contributed by atoms with E-state index >= 15 is 0 Å². The third-order valence-corrected chi connectivity index (χ3v) is 4.74. The van der Waals surface area contributed by atoms with Crippen molar-refractivity contribution in [3.63, 3.8) is 0 Å². The van der Waals surface area contributed by atoms with Crippen LogP contribution in [-0.4, -0.2) is 43.1 Å². The summed E-state index contributed by atoms with van der Waals surface area (Å²) in [5.74, 6) is 0. The standard InChI is InChI=1S/C13H17N3O3S/c1-20(17,18)16-8-4-5-10(9-16)14-13-15-11-6-2-3-7-12(11)19-13/h2-3,6-7,10H,4-5,8-9H2,1H3,(H,14,15). The normalized spacial score (nSPS) is 21.1. The summed E-state index contributed by atoms with van der Waals surface area (Å²) in [7, 11) is -3.13. The van der Waals surface area contributed by atoms with Crippen molar-refractivity contribution in [2.75, 3.05) is 24.7 Å². The molecule has 1 saturated heterocycles. The van der Waals surface area contributed by atoms with E-state index < -0.39 is 10.0 Å². The van der Waals surface area contributed by atoms with Crippen molar-refractivity contribution >= 4 is 27.1 Å². The first-order valence-electron chi connectivity index (χ1n) is 6.59. The van der Waals surface area contributed by atoms with E-state index in [1.165, 1.54) is 10.6 Å². The van der Waals surface area contributed by atoms with Gasteiger partial charge in [-0.25, -0.2) is 12.7 Å². The van der Waals surface area contributed by atoms with Crippen molar-refractivity contribution in [2.45, 2.75) is 18.9 Å². The zero-order valence-electron chi connectivity index (χ0n) is 11.2. The highest BCUT2D eigenvalue weighted by Gasteiger charge is 2.26. The Kier molecular flexibility index (Phi) is 3.39. The van der Waals surface area contributed by atoms with Gasteiger partial charge in [0.05, 0.1) is 6.26 Å². The maximum atomic E-state index is 11.6. The molecule has 108 valence electrons. The highest BCUT2D eigenvalue weighted by molar-refractivity contribution is 7.88. The molecule has 3 rings (SSSR count). The molecule has 1 atom stereocenters. The van der Waals surface area contributed by atoms with Gasteiger partial charge in [-0.05, 0) is 25.0 Å². The number of oxazole rings is 1. The van der Waals surface area contributed by atoms with Crippen molar-refractivity contribution in [1.29, 1.82) is 0 Å². The van der Waals surface area contributed by atoms with Gasteiger partial charge < -0.3 is 9.73 Å². The average molecular weight is 295 g/mol. The summed E-state index contributed by atoms with van der Waals surface area (Å²) in [6.07, 6.45) is 2.99. The number of nitrogens with zero attached hydrogens (tertiary/aromatic N) is 2. The lowest BCUT2D eigenvalue weighted by molar-refractivity contribution is 0.326. The molecule has 2 heterocycles. The van der Waals surface area contributed by atoms with Crippen LogP contribution in [0.25, 0.3) is 11.1 Å². The SMILES string of the molecule is CS(=O)(=O)N1CCCC(Nc2nc3ccccc3o2)C1. The molecule has 1 aromatic heterocycles. The smallest absolute Gasteiger partial charge is 0.295 e. The molecule has 1 unspecified atom stereocenters. The molecule has 2 aromatic rings. The lowest BCUT2D eigenvalue weighted by Gasteiger charge is -2.30. The number of nitrogens with one attached hydrogen (secondary N) is 1. The number of para-hydroxylation sites is 2. The Morgan fingerprint density at radius 3 is 2.95 bits per heavy atom. The Morgan fingerprint density at radius 2 is 2.20 bits per heavy atom. The Balaban J connectivity index is 1.74. The highest BCUT2D eigenvalue weighted by Crippen LogP contribution is 2.21. The summed E-state index contributed by atoms with van der Waals surface area (Å²) in [6.45, 7) is 1.04. The van der Waals surface area contributed by atoms with Gasteiger partial charge in [0.2, 0.25) is 10.0 Å². The molecule has 0 aliphatic carbocycles. The van der Waals surface area contributed by atoms with E-state index in [-0.39, 0.29) is 6.04 Å². The van der Waals surface area contributed by atoms with Crippen LogP contribution in [0.3, 0.4) is 0 Å². The van der Waals surface area contributed by atoms with Crippen molar-refractivity contribution in [1.82, 2.24) is 9.29 Å². The minimum Gasteiger partial charge on any atom is -0.424 e. The van der Waals surface area contributed by atoms with Crippen LogP contribution in [0, 0.1) is 0 Å². The van der Waals surface area contributed by atoms with Crippen molar-refractivity contribution in [3.8, 4) is 0 Å². The molecule has 0 amide bonds. The molecule has 1 aliphatic rings. The van der Waals surface area contributed by atoms with Gasteiger partial charge in [0.1, 0.15) is 5.52 Å². The number of hydrogen-bond acceptors (Lipinski definition) is 5. The van der Waals surface area contributed by atoms with Gasteiger partial charge in [-0.2, -0.15) is 4.98 Å². The fraction of sp³-hybridized carbons (Fsp3) is 0.462. The third kappa shape index (κ3) is 2.78. The van der Waals surface area contributed by atoms with Crippen LogP contribution in [0.5, 0.6) is 0 Å². The molecule has 1 N–H and O–H groups in total. The fourth-order valence-electron chi connectivity index (χ4n) is 2.47. The highest BCUT2D eigenvalue weighted by atomic mass is 32.2. The van der Waals surface area contributed by atoms with Crippen LogP contribution < -0.4 is 5.32 Å². The molecule has 6 nitrogen and oxygen atoms in total. The lowest BCUT2D eigenvalue weighted by atomic mass is 10.1. The van der Waals surface area contributed by atoms with Gasteiger partial charge in [0, 0.05) is 19.1 Å². The van der Waals surface area contributed by atoms with E-state index in [9.17, 15) is 8.42 Å². The van der Waals surface area contributed by atoms with Gasteiger partial charge in [0.25, 0.3) is 6.01 Å². The molecular formula is C13H17N3O3S. The average Bonchev–Trinajstić information content (AvgIpc) is 2.80. The fourth-order valence-corrected chi connectivity index (χ4v) is 3.38. The molecule has 1 fully saturated rings. The molecule has 1 aliphatic heterocycles. The summed E-state index contributed by atoms with van der Waals surface area (Å²) in [4.78, 5) is 4.35. The second-order valence-corrected chi connectivity index (χ2v) is 7.07. The van der Waals surface area contributed by atoms with Crippen molar-refractivity contribution in [2.24, 2.45) is 0 Å². The van der Waals surface area contributed by atoms with E-state index in [1.807, 2.05) is 24.3 Å². The van der Waals surface area contributed by atoms with Gasteiger partial charge in [-0.1, -0.05) is 12.1 Å². The quantitative estimate of drug-likeness (QED) is 0.932. The molecule has 20 heavy (non-hydrogen) atoms. The third-order valence-electron chi connectivity index (χ3n) is 3.47. The molecular weight excluding hydrogens is 278 g/mol. The maximum absolute atomic E-state index is 11.6. The second kappa shape index (κ2) is 5.06. The van der Waals surface area contributed by atoms with E-state index in [1.54, 1.807) is 0 Å². The number of sulfonamides is 1. The molecule has 1 aromatic carbocycles. The largest absolute Gasteiger partial charge is 0.424 e. The first-order chi connectivity index (χ1) is 9.52. The number of fused-ring (bicyclic) bond motifs is 1. The topological polar surface area (TPSA) is 75.4 Å². The zero-order valence-corrected chi connectivity index (χ0v) is 12.1. The second-order valence-electron chi connectivity index (χ2n) is 5.09. The van der Waals surface area contributed by atoms with Crippen LogP contribution in [0.2, 0.25) is 0 Å². The first kappa shape index (κ1) is 13.4. The van der Waals surface area contributed by atoms with Crippen molar-refractivity contribution < 1.29 is 12.8 Å². The monoisotopic (exact) mass is 295 g/mol. The van der Waals surface area contributed by atoms with E-state index in [0.29, 0.717) is 19.1 Å². The van der Waals surface area contributed by atoms with Crippen LogP contribution in [0.1, 0.15) is 12.8 Å². The van der Waals surface area contributed by atoms with E-state index in [0.717, 1.165) is 23.9 Å². The minimum atomic E-state index is -3.13. The van der Waals surface area contributed by atoms with Crippen LogP contribution in [-0.2, 0) is 10.0 Å². The summed E-state index contributed by atoms with van der Waals surface area (Å²) in [5.41, 5.74) is 1.52. The molecule has 0 bridgehead atoms. The molecule has 0 saturated carbocycles. The van der Waals surface area contributed by atoms with Crippen LogP contribution in [0.15, 0.2) is 28.7 Å². The van der Waals surface area contributed by atoms with Crippen LogP contribution in [0.4, 0.5) is 6.01 Å². The number of hydrogen-bond donors (Lipinski definition) is 1. The van der Waals surface area contributed by atoms with E-state index in [2.05, 4.69) is 10.3 Å². The van der Waals surface area contributed by atoms with Gasteiger partial charge in [0.15, 0.2) is 5.58 Å². The van der Waals surface area contributed by atoms with Gasteiger partial charge in [-0.15, -0.1) is 0 Å². The van der Waals surface area contributed by atoms with Gasteiger partial charge >= 0.3 is 0 Å². The number of aromatic nitrogens is 1. The Bertz CT molecular complexity index is 677. The molecule has 0 radical (unpaired) electrons. The number of piperidine rings is 1. The Hall–Kier alpha value is -1.60. The number of anilines is 1. The number of benzene rings is 1. The van der Waals surface area contributed by atoms with Gasteiger partial charge in [-0.3, -0.25) is 0 Å². The minimum absolute atomic E-state index is 0.0338. The maximum Gasteiger partial charge on any atom is 0.295 e. The molecule has 0 spiro atoms. The van der Waals surface area contributed by atoms with Crippen LogP contribution >= 0.6 is 0 Å². The predicted molar refractivity (Wildman–Crippen MR) is 77.1 cm³/mol.